The third-order valence-corrected chi connectivity index (χ3v) is 2.75. The van der Waals surface area contributed by atoms with E-state index in [0.29, 0.717) is 12.1 Å². The van der Waals surface area contributed by atoms with Gasteiger partial charge in [-0.15, -0.1) is 0 Å². The Kier molecular flexibility index (Phi) is 6.13. The standard InChI is InChI=1S/C16H24N2O/c1-13(2)18(14(3)4)17-12-6-7-15-8-10-16(19-5)11-9-15/h6-14H,1-5H3/b7-6+,17-12+. The molecule has 0 N–H and O–H groups in total. The van der Waals surface area contributed by atoms with Crippen LogP contribution in [0.3, 0.4) is 0 Å². The molecule has 19 heavy (non-hydrogen) atoms. The number of ether oxygens (including phenoxy) is 1. The number of methoxy groups -OCH3 is 1. The zero-order valence-electron chi connectivity index (χ0n) is 12.5. The molecule has 0 amide bonds. The van der Waals surface area contributed by atoms with Crippen LogP contribution in [0, 0.1) is 0 Å². The first kappa shape index (κ1) is 15.3. The van der Waals surface area contributed by atoms with Crippen molar-refractivity contribution in [2.45, 2.75) is 39.8 Å². The zero-order chi connectivity index (χ0) is 14.3. The monoisotopic (exact) mass is 260 g/mol. The van der Waals surface area contributed by atoms with E-state index < -0.39 is 0 Å². The average Bonchev–Trinajstić information content (AvgIpc) is 2.38. The summed E-state index contributed by atoms with van der Waals surface area (Å²) in [7, 11) is 1.67. The Hall–Kier alpha value is -1.77. The van der Waals surface area contributed by atoms with Gasteiger partial charge in [-0.2, -0.15) is 5.10 Å². The van der Waals surface area contributed by atoms with E-state index in [-0.39, 0.29) is 0 Å². The third-order valence-electron chi connectivity index (χ3n) is 2.75. The molecule has 1 aromatic carbocycles. The molecule has 1 rings (SSSR count). The molecular weight excluding hydrogens is 236 g/mol. The summed E-state index contributed by atoms with van der Waals surface area (Å²) in [6.07, 6.45) is 5.82. The number of benzene rings is 1. The van der Waals surface area contributed by atoms with Crippen molar-refractivity contribution in [2.24, 2.45) is 5.10 Å². The van der Waals surface area contributed by atoms with Crippen LogP contribution in [0.4, 0.5) is 0 Å². The van der Waals surface area contributed by atoms with Crippen molar-refractivity contribution >= 4 is 12.3 Å². The van der Waals surface area contributed by atoms with E-state index in [9.17, 15) is 0 Å². The number of nitrogens with zero attached hydrogens (tertiary/aromatic N) is 2. The molecule has 0 saturated heterocycles. The number of allylic oxidation sites excluding steroid dienone is 1. The van der Waals surface area contributed by atoms with Crippen LogP contribution in [0.1, 0.15) is 33.3 Å². The molecule has 0 unspecified atom stereocenters. The summed E-state index contributed by atoms with van der Waals surface area (Å²) in [5.74, 6) is 0.872. The van der Waals surface area contributed by atoms with Crippen LogP contribution in [-0.2, 0) is 0 Å². The van der Waals surface area contributed by atoms with E-state index in [1.807, 2.05) is 42.6 Å². The lowest BCUT2D eigenvalue weighted by Gasteiger charge is -2.27. The van der Waals surface area contributed by atoms with Gasteiger partial charge in [-0.05, 0) is 51.5 Å². The minimum Gasteiger partial charge on any atom is -0.497 e. The van der Waals surface area contributed by atoms with Crippen LogP contribution in [0.25, 0.3) is 6.08 Å². The van der Waals surface area contributed by atoms with Gasteiger partial charge < -0.3 is 4.74 Å². The van der Waals surface area contributed by atoms with Crippen LogP contribution in [0.5, 0.6) is 5.75 Å². The quantitative estimate of drug-likeness (QED) is 0.574. The maximum atomic E-state index is 5.12. The SMILES string of the molecule is COc1ccc(/C=C/C=N/N(C(C)C)C(C)C)cc1. The van der Waals surface area contributed by atoms with Crippen molar-refractivity contribution in [1.29, 1.82) is 0 Å². The maximum absolute atomic E-state index is 5.12. The van der Waals surface area contributed by atoms with Crippen LogP contribution in [0.2, 0.25) is 0 Å². The highest BCUT2D eigenvalue weighted by molar-refractivity contribution is 5.78. The van der Waals surface area contributed by atoms with E-state index in [2.05, 4.69) is 37.8 Å². The summed E-state index contributed by atoms with van der Waals surface area (Å²) in [5.41, 5.74) is 1.13. The van der Waals surface area contributed by atoms with Gasteiger partial charge in [0.1, 0.15) is 5.75 Å². The minimum absolute atomic E-state index is 0.408. The van der Waals surface area contributed by atoms with Gasteiger partial charge in [0.2, 0.25) is 0 Å². The van der Waals surface area contributed by atoms with Crippen molar-refractivity contribution in [3.63, 3.8) is 0 Å². The molecule has 0 heterocycles. The molecule has 3 nitrogen and oxygen atoms in total. The Morgan fingerprint density at radius 3 is 2.11 bits per heavy atom. The van der Waals surface area contributed by atoms with Crippen LogP contribution < -0.4 is 4.74 Å². The molecule has 1 aromatic rings. The average molecular weight is 260 g/mol. The molecular formula is C16H24N2O. The Labute approximate surface area is 116 Å². The molecule has 0 aliphatic heterocycles. The Morgan fingerprint density at radius 1 is 1.05 bits per heavy atom. The second-order valence-electron chi connectivity index (χ2n) is 4.96. The van der Waals surface area contributed by atoms with Gasteiger partial charge in [-0.25, -0.2) is 0 Å². The molecule has 0 aromatic heterocycles. The first-order chi connectivity index (χ1) is 9.04. The van der Waals surface area contributed by atoms with Crippen LogP contribution in [-0.4, -0.2) is 30.4 Å². The Bertz CT molecular complexity index is 411. The normalized spacial score (nSPS) is 11.9. The Balaban J connectivity index is 2.61. The van der Waals surface area contributed by atoms with E-state index in [1.54, 1.807) is 7.11 Å². The van der Waals surface area contributed by atoms with E-state index in [1.165, 1.54) is 0 Å². The van der Waals surface area contributed by atoms with Crippen LogP contribution >= 0.6 is 0 Å². The van der Waals surface area contributed by atoms with Gasteiger partial charge in [0.05, 0.1) is 7.11 Å². The van der Waals surface area contributed by atoms with Gasteiger partial charge in [0.15, 0.2) is 0 Å². The molecule has 0 bridgehead atoms. The van der Waals surface area contributed by atoms with Crippen molar-refractivity contribution in [3.05, 3.63) is 35.9 Å². The number of hydrazone groups is 1. The molecule has 0 fully saturated rings. The highest BCUT2D eigenvalue weighted by Gasteiger charge is 2.08. The third kappa shape index (κ3) is 5.16. The molecule has 0 aliphatic carbocycles. The number of hydrogen-bond donors (Lipinski definition) is 0. The first-order valence-corrected chi connectivity index (χ1v) is 6.67. The molecule has 0 spiro atoms. The second kappa shape index (κ2) is 7.62. The van der Waals surface area contributed by atoms with Crippen LogP contribution in [0.15, 0.2) is 35.4 Å². The molecule has 0 radical (unpaired) electrons. The summed E-state index contributed by atoms with van der Waals surface area (Å²) in [6, 6.07) is 8.75. The van der Waals surface area contributed by atoms with Gasteiger partial charge in [-0.3, -0.25) is 5.01 Å². The summed E-state index contributed by atoms with van der Waals surface area (Å²) in [4.78, 5) is 0. The second-order valence-corrected chi connectivity index (χ2v) is 4.96. The van der Waals surface area contributed by atoms with Crippen molar-refractivity contribution in [3.8, 4) is 5.75 Å². The largest absolute Gasteiger partial charge is 0.497 e. The molecule has 0 aliphatic rings. The van der Waals surface area contributed by atoms with Gasteiger partial charge >= 0.3 is 0 Å². The summed E-state index contributed by atoms with van der Waals surface area (Å²) >= 11 is 0. The van der Waals surface area contributed by atoms with E-state index in [0.717, 1.165) is 11.3 Å². The summed E-state index contributed by atoms with van der Waals surface area (Å²) in [5, 5.41) is 6.55. The van der Waals surface area contributed by atoms with Gasteiger partial charge in [-0.1, -0.05) is 18.2 Å². The lowest BCUT2D eigenvalue weighted by molar-refractivity contribution is 0.185. The number of hydrogen-bond acceptors (Lipinski definition) is 3. The van der Waals surface area contributed by atoms with Gasteiger partial charge in [0, 0.05) is 18.3 Å². The molecule has 3 heteroatoms. The Morgan fingerprint density at radius 2 is 1.63 bits per heavy atom. The smallest absolute Gasteiger partial charge is 0.118 e. The lowest BCUT2D eigenvalue weighted by Crippen LogP contribution is -2.32. The lowest BCUT2D eigenvalue weighted by atomic mass is 10.2. The van der Waals surface area contributed by atoms with Crippen molar-refractivity contribution in [2.75, 3.05) is 7.11 Å². The highest BCUT2D eigenvalue weighted by Crippen LogP contribution is 2.12. The summed E-state index contributed by atoms with van der Waals surface area (Å²) < 4.78 is 5.12. The fraction of sp³-hybridized carbons (Fsp3) is 0.438. The fourth-order valence-corrected chi connectivity index (χ4v) is 1.85. The number of rotatable bonds is 6. The first-order valence-electron chi connectivity index (χ1n) is 6.67. The van der Waals surface area contributed by atoms with Crippen molar-refractivity contribution < 1.29 is 4.74 Å². The molecule has 0 atom stereocenters. The fourth-order valence-electron chi connectivity index (χ4n) is 1.85. The summed E-state index contributed by atoms with van der Waals surface area (Å²) in [6.45, 7) is 8.57. The minimum atomic E-state index is 0.408. The predicted molar refractivity (Wildman–Crippen MR) is 82.6 cm³/mol. The van der Waals surface area contributed by atoms with Gasteiger partial charge in [0.25, 0.3) is 0 Å². The van der Waals surface area contributed by atoms with Crippen molar-refractivity contribution in [1.82, 2.24) is 5.01 Å². The molecule has 0 saturated carbocycles. The van der Waals surface area contributed by atoms with E-state index in [4.69, 9.17) is 4.74 Å². The predicted octanol–water partition coefficient (Wildman–Crippen LogP) is 3.81. The zero-order valence-corrected chi connectivity index (χ0v) is 12.5. The van der Waals surface area contributed by atoms with E-state index >= 15 is 0 Å². The maximum Gasteiger partial charge on any atom is 0.118 e. The molecule has 104 valence electrons. The highest BCUT2D eigenvalue weighted by atomic mass is 16.5. The topological polar surface area (TPSA) is 24.8 Å².